The lowest BCUT2D eigenvalue weighted by atomic mass is 10.00. The van der Waals surface area contributed by atoms with Crippen LogP contribution < -0.4 is 4.90 Å². The molecule has 0 radical (unpaired) electrons. The first-order chi connectivity index (χ1) is 7.26. The molecule has 1 aromatic carbocycles. The fraction of sp³-hybridized carbons (Fsp3) is 0.200. The molecule has 1 N–H and O–H groups in total. The van der Waals surface area contributed by atoms with Crippen LogP contribution >= 0.6 is 0 Å². The quantitative estimate of drug-likeness (QED) is 0.430. The highest BCUT2D eigenvalue weighted by atomic mass is 19.1. The van der Waals surface area contributed by atoms with Crippen LogP contribution in [0.2, 0.25) is 0 Å². The molecule has 0 saturated heterocycles. The van der Waals surface area contributed by atoms with Crippen LogP contribution in [0.5, 0.6) is 0 Å². The van der Waals surface area contributed by atoms with E-state index in [2.05, 4.69) is 5.16 Å². The van der Waals surface area contributed by atoms with E-state index >= 15 is 0 Å². The molecule has 0 saturated carbocycles. The molecule has 0 unspecified atom stereocenters. The van der Waals surface area contributed by atoms with Crippen LogP contribution in [0.15, 0.2) is 23.4 Å². The van der Waals surface area contributed by atoms with Crippen LogP contribution in [0.1, 0.15) is 12.0 Å². The van der Waals surface area contributed by atoms with E-state index in [1.54, 1.807) is 0 Å². The Bertz CT molecular complexity index is 431. The molecule has 0 bridgehead atoms. The number of rotatable bonds is 1. The highest BCUT2D eigenvalue weighted by molar-refractivity contribution is 6.08. The molecule has 1 aliphatic heterocycles. The number of halogens is 1. The first kappa shape index (κ1) is 9.64. The summed E-state index contributed by atoms with van der Waals surface area (Å²) < 4.78 is 13.0. The zero-order valence-corrected chi connectivity index (χ0v) is 7.85. The molecule has 4 nitrogen and oxygen atoms in total. The topological polar surface area (TPSA) is 52.9 Å². The minimum atomic E-state index is -0.414. The summed E-state index contributed by atoms with van der Waals surface area (Å²) in [6.45, 7) is 0.446. The van der Waals surface area contributed by atoms with Crippen LogP contribution in [-0.2, 0) is 4.79 Å². The van der Waals surface area contributed by atoms with Gasteiger partial charge in [0.2, 0.25) is 6.41 Å². The van der Waals surface area contributed by atoms with Gasteiger partial charge in [-0.3, -0.25) is 4.79 Å². The van der Waals surface area contributed by atoms with Gasteiger partial charge in [0.05, 0.1) is 11.4 Å². The van der Waals surface area contributed by atoms with Crippen LogP contribution in [0.25, 0.3) is 0 Å². The zero-order chi connectivity index (χ0) is 10.8. The average Bonchev–Trinajstić information content (AvgIpc) is 2.27. The van der Waals surface area contributed by atoms with Crippen molar-refractivity contribution in [3.05, 3.63) is 29.6 Å². The summed E-state index contributed by atoms with van der Waals surface area (Å²) in [7, 11) is 0. The summed E-state index contributed by atoms with van der Waals surface area (Å²) in [5, 5.41) is 11.9. The summed E-state index contributed by atoms with van der Waals surface area (Å²) in [6, 6.07) is 4.04. The van der Waals surface area contributed by atoms with Gasteiger partial charge in [0.25, 0.3) is 0 Å². The summed E-state index contributed by atoms with van der Waals surface area (Å²) in [5.74, 6) is -0.414. The molecule has 2 rings (SSSR count). The van der Waals surface area contributed by atoms with E-state index in [4.69, 9.17) is 5.21 Å². The molecule has 1 aromatic rings. The van der Waals surface area contributed by atoms with Crippen molar-refractivity contribution in [2.75, 3.05) is 11.4 Å². The number of carbonyl (C=O) groups is 1. The predicted molar refractivity (Wildman–Crippen MR) is 52.8 cm³/mol. The van der Waals surface area contributed by atoms with Crippen LogP contribution in [0.3, 0.4) is 0 Å². The zero-order valence-electron chi connectivity index (χ0n) is 7.85. The predicted octanol–water partition coefficient (Wildman–Crippen LogP) is 1.37. The monoisotopic (exact) mass is 208 g/mol. The molecule has 0 aromatic heterocycles. The van der Waals surface area contributed by atoms with E-state index in [0.29, 0.717) is 36.3 Å². The summed E-state index contributed by atoms with van der Waals surface area (Å²) in [5.41, 5.74) is 1.45. The Morgan fingerprint density at radius 2 is 2.33 bits per heavy atom. The van der Waals surface area contributed by atoms with Crippen molar-refractivity contribution in [3.63, 3.8) is 0 Å². The molecule has 1 heterocycles. The Labute approximate surface area is 85.6 Å². The van der Waals surface area contributed by atoms with Gasteiger partial charge in [0.1, 0.15) is 5.82 Å². The molecule has 0 fully saturated rings. The van der Waals surface area contributed by atoms with Gasteiger partial charge in [-0.2, -0.15) is 0 Å². The maximum atomic E-state index is 13.0. The van der Waals surface area contributed by atoms with E-state index in [9.17, 15) is 9.18 Å². The minimum Gasteiger partial charge on any atom is -0.411 e. The number of anilines is 1. The highest BCUT2D eigenvalue weighted by Crippen LogP contribution is 2.26. The Morgan fingerprint density at radius 3 is 3.00 bits per heavy atom. The lowest BCUT2D eigenvalue weighted by Crippen LogP contribution is -2.31. The standard InChI is InChI=1S/C10H9FN2O2/c11-7-1-2-10-8(5-7)9(12-15)3-4-13(10)6-14/h1-2,5-6,15H,3-4H2. The minimum absolute atomic E-state index is 0.405. The highest BCUT2D eigenvalue weighted by Gasteiger charge is 2.21. The Balaban J connectivity index is 2.58. The number of oxime groups is 1. The molecule has 0 spiro atoms. The maximum Gasteiger partial charge on any atom is 0.214 e. The van der Waals surface area contributed by atoms with Crippen LogP contribution in [0, 0.1) is 5.82 Å². The molecule has 0 aliphatic carbocycles. The lowest BCUT2D eigenvalue weighted by molar-refractivity contribution is -0.107. The molecule has 1 aliphatic rings. The Kier molecular flexibility index (Phi) is 2.37. The van der Waals surface area contributed by atoms with Gasteiger partial charge in [0, 0.05) is 18.5 Å². The summed E-state index contributed by atoms with van der Waals surface area (Å²) in [6.07, 6.45) is 1.11. The van der Waals surface area contributed by atoms with Gasteiger partial charge < -0.3 is 10.1 Å². The first-order valence-corrected chi connectivity index (χ1v) is 4.49. The van der Waals surface area contributed by atoms with Crippen molar-refractivity contribution in [2.24, 2.45) is 5.16 Å². The Hall–Kier alpha value is -1.91. The fourth-order valence-electron chi connectivity index (χ4n) is 1.68. The van der Waals surface area contributed by atoms with Gasteiger partial charge in [0.15, 0.2) is 0 Å². The van der Waals surface area contributed by atoms with Gasteiger partial charge in [-0.25, -0.2) is 4.39 Å². The second kappa shape index (κ2) is 3.68. The van der Waals surface area contributed by atoms with Crippen LogP contribution in [0.4, 0.5) is 10.1 Å². The van der Waals surface area contributed by atoms with E-state index in [1.165, 1.54) is 23.1 Å². The van der Waals surface area contributed by atoms with E-state index < -0.39 is 5.82 Å². The molecular formula is C10H9FN2O2. The molecule has 15 heavy (non-hydrogen) atoms. The number of carbonyl (C=O) groups excluding carboxylic acids is 1. The van der Waals surface area contributed by atoms with Gasteiger partial charge >= 0.3 is 0 Å². The van der Waals surface area contributed by atoms with Crippen molar-refractivity contribution in [1.29, 1.82) is 0 Å². The number of nitrogens with zero attached hydrogens (tertiary/aromatic N) is 2. The van der Waals surface area contributed by atoms with E-state index in [1.807, 2.05) is 0 Å². The molecule has 5 heteroatoms. The largest absolute Gasteiger partial charge is 0.411 e. The maximum absolute atomic E-state index is 13.0. The van der Waals surface area contributed by atoms with Gasteiger partial charge in [-0.15, -0.1) is 0 Å². The number of fused-ring (bicyclic) bond motifs is 1. The summed E-state index contributed by atoms with van der Waals surface area (Å²) >= 11 is 0. The second-order valence-corrected chi connectivity index (χ2v) is 3.26. The Morgan fingerprint density at radius 1 is 1.53 bits per heavy atom. The number of amides is 1. The average molecular weight is 208 g/mol. The van der Waals surface area contributed by atoms with Crippen molar-refractivity contribution < 1.29 is 14.4 Å². The van der Waals surface area contributed by atoms with E-state index in [0.717, 1.165) is 0 Å². The normalized spacial score (nSPS) is 17.7. The van der Waals surface area contributed by atoms with Gasteiger partial charge in [-0.05, 0) is 18.2 Å². The third-order valence-electron chi connectivity index (χ3n) is 2.42. The van der Waals surface area contributed by atoms with Crippen molar-refractivity contribution in [2.45, 2.75) is 6.42 Å². The third-order valence-corrected chi connectivity index (χ3v) is 2.42. The lowest BCUT2D eigenvalue weighted by Gasteiger charge is -2.26. The molecule has 0 atom stereocenters. The van der Waals surface area contributed by atoms with E-state index in [-0.39, 0.29) is 0 Å². The summed E-state index contributed by atoms with van der Waals surface area (Å²) in [4.78, 5) is 12.2. The van der Waals surface area contributed by atoms with Crippen molar-refractivity contribution in [1.82, 2.24) is 0 Å². The smallest absolute Gasteiger partial charge is 0.214 e. The first-order valence-electron chi connectivity index (χ1n) is 4.49. The number of hydrogen-bond donors (Lipinski definition) is 1. The van der Waals surface area contributed by atoms with Crippen LogP contribution in [-0.4, -0.2) is 23.9 Å². The molecule has 1 amide bonds. The number of hydrogen-bond acceptors (Lipinski definition) is 3. The van der Waals surface area contributed by atoms with Crippen molar-refractivity contribution in [3.8, 4) is 0 Å². The van der Waals surface area contributed by atoms with Crippen molar-refractivity contribution >= 4 is 17.8 Å². The molecule has 78 valence electrons. The molecular weight excluding hydrogens is 199 g/mol. The second-order valence-electron chi connectivity index (χ2n) is 3.26. The third kappa shape index (κ3) is 1.56. The fourth-order valence-corrected chi connectivity index (χ4v) is 1.68. The SMILES string of the molecule is O=CN1CCC(=NO)c2cc(F)ccc21. The van der Waals surface area contributed by atoms with Gasteiger partial charge in [-0.1, -0.05) is 5.16 Å². The number of benzene rings is 1.